The van der Waals surface area contributed by atoms with Crippen LogP contribution in [0.25, 0.3) is 64.3 Å². The number of nitrogens with zero attached hydrogens (tertiary/aromatic N) is 1. The molecule has 0 saturated carbocycles. The van der Waals surface area contributed by atoms with E-state index in [4.69, 9.17) is 0 Å². The van der Waals surface area contributed by atoms with Gasteiger partial charge in [-0.2, -0.15) is 0 Å². The zero-order valence-corrected chi connectivity index (χ0v) is 31.8. The third kappa shape index (κ3) is 4.26. The number of fused-ring (bicyclic) bond motifs is 11. The van der Waals surface area contributed by atoms with Crippen molar-refractivity contribution in [3.05, 3.63) is 186 Å². The summed E-state index contributed by atoms with van der Waals surface area (Å²) in [5, 5.41) is 5.21. The van der Waals surface area contributed by atoms with Gasteiger partial charge >= 0.3 is 0 Å². The third-order valence-corrected chi connectivity index (χ3v) is 13.8. The maximum absolute atomic E-state index is 2.54. The first-order valence-electron chi connectivity index (χ1n) is 19.0. The van der Waals surface area contributed by atoms with Crippen LogP contribution in [0.5, 0.6) is 0 Å². The molecule has 1 heterocycles. The van der Waals surface area contributed by atoms with Crippen LogP contribution < -0.4 is 4.90 Å². The van der Waals surface area contributed by atoms with Gasteiger partial charge in [0.2, 0.25) is 0 Å². The molecule has 2 aliphatic rings. The van der Waals surface area contributed by atoms with Crippen LogP contribution in [0.3, 0.4) is 0 Å². The summed E-state index contributed by atoms with van der Waals surface area (Å²) in [5.74, 6) is 0. The molecule has 1 aromatic heterocycles. The molecule has 0 bridgehead atoms. The van der Waals surface area contributed by atoms with Crippen LogP contribution in [0.1, 0.15) is 49.9 Å². The van der Waals surface area contributed by atoms with Crippen molar-refractivity contribution in [2.45, 2.75) is 38.5 Å². The molecule has 0 radical (unpaired) electrons. The monoisotopic (exact) mass is 709 g/mol. The van der Waals surface area contributed by atoms with Gasteiger partial charge in [0.1, 0.15) is 0 Å². The summed E-state index contributed by atoms with van der Waals surface area (Å²) in [6, 6.07) is 61.3. The second-order valence-corrected chi connectivity index (χ2v) is 17.1. The van der Waals surface area contributed by atoms with Crippen LogP contribution in [0.4, 0.5) is 17.1 Å². The highest BCUT2D eigenvalue weighted by atomic mass is 32.1. The number of benzene rings is 8. The number of anilines is 3. The van der Waals surface area contributed by atoms with E-state index in [9.17, 15) is 0 Å². The average molecular weight is 710 g/mol. The Balaban J connectivity index is 1.15. The number of rotatable bonds is 4. The SMILES string of the molecule is CC1(C)c2ccccc2-c2c(-c3ccc(N(c4cccc5c4-c4ccccc4C5(C)C)c4cccc5c4sc4c6ccccc6ccc54)cc3)cccc21. The van der Waals surface area contributed by atoms with E-state index in [-0.39, 0.29) is 10.8 Å². The smallest absolute Gasteiger partial charge is 0.0640 e. The molecule has 8 aromatic carbocycles. The van der Waals surface area contributed by atoms with E-state index in [1.165, 1.54) is 98.0 Å². The van der Waals surface area contributed by atoms with Crippen LogP contribution in [0, 0.1) is 0 Å². The van der Waals surface area contributed by atoms with Gasteiger partial charge in [0.05, 0.1) is 16.1 Å². The highest BCUT2D eigenvalue weighted by Gasteiger charge is 2.39. The van der Waals surface area contributed by atoms with E-state index in [2.05, 4.69) is 196 Å². The summed E-state index contributed by atoms with van der Waals surface area (Å²) in [6.45, 7) is 9.46. The Bertz CT molecular complexity index is 3000. The van der Waals surface area contributed by atoms with Crippen molar-refractivity contribution in [1.82, 2.24) is 0 Å². The van der Waals surface area contributed by atoms with Gasteiger partial charge in [-0.25, -0.2) is 0 Å². The Morgan fingerprint density at radius 3 is 1.69 bits per heavy atom. The summed E-state index contributed by atoms with van der Waals surface area (Å²) in [6.07, 6.45) is 0. The molecular weight excluding hydrogens is 671 g/mol. The fraction of sp³-hybridized carbons (Fsp3) is 0.115. The topological polar surface area (TPSA) is 3.24 Å². The van der Waals surface area contributed by atoms with Gasteiger partial charge in [0, 0.05) is 37.6 Å². The van der Waals surface area contributed by atoms with Crippen LogP contribution >= 0.6 is 11.3 Å². The first kappa shape index (κ1) is 31.6. The molecule has 258 valence electrons. The maximum Gasteiger partial charge on any atom is 0.0640 e. The summed E-state index contributed by atoms with van der Waals surface area (Å²) in [7, 11) is 0. The lowest BCUT2D eigenvalue weighted by Gasteiger charge is -2.29. The first-order valence-corrected chi connectivity index (χ1v) is 19.8. The third-order valence-electron chi connectivity index (χ3n) is 12.5. The number of thiophene rings is 1. The van der Waals surface area contributed by atoms with E-state index >= 15 is 0 Å². The quantitative estimate of drug-likeness (QED) is 0.176. The zero-order valence-electron chi connectivity index (χ0n) is 30.9. The predicted molar refractivity (Wildman–Crippen MR) is 232 cm³/mol. The van der Waals surface area contributed by atoms with Crippen LogP contribution in [-0.4, -0.2) is 0 Å². The van der Waals surface area contributed by atoms with Gasteiger partial charge in [-0.15, -0.1) is 11.3 Å². The standard InChI is InChI=1S/C52H39NS/c1-51(2)41-20-9-7-16-39(41)47-35(18-11-22-43(47)51)33-26-29-34(30-27-33)53(45-24-13-23-44-48(45)40-17-8-10-21-42(40)52(44,3)4)46-25-12-19-37-38-31-28-32-14-5-6-15-36(32)49(38)54-50(37)46/h5-31H,1-4H3. The van der Waals surface area contributed by atoms with Crippen molar-refractivity contribution in [1.29, 1.82) is 0 Å². The van der Waals surface area contributed by atoms with Crippen molar-refractivity contribution in [3.8, 4) is 33.4 Å². The van der Waals surface area contributed by atoms with Crippen molar-refractivity contribution in [2.75, 3.05) is 4.90 Å². The fourth-order valence-electron chi connectivity index (χ4n) is 9.80. The van der Waals surface area contributed by atoms with Crippen molar-refractivity contribution >= 4 is 59.3 Å². The molecule has 2 heteroatoms. The molecule has 1 nitrogen and oxygen atoms in total. The molecular formula is C52H39NS. The van der Waals surface area contributed by atoms with Crippen molar-refractivity contribution in [3.63, 3.8) is 0 Å². The predicted octanol–water partition coefficient (Wildman–Crippen LogP) is 15.0. The van der Waals surface area contributed by atoms with Crippen LogP contribution in [-0.2, 0) is 10.8 Å². The Morgan fingerprint density at radius 2 is 0.926 bits per heavy atom. The maximum atomic E-state index is 2.54. The lowest BCUT2D eigenvalue weighted by Crippen LogP contribution is -2.16. The van der Waals surface area contributed by atoms with E-state index in [0.717, 1.165) is 5.69 Å². The summed E-state index contributed by atoms with van der Waals surface area (Å²) in [5.41, 5.74) is 16.9. The average Bonchev–Trinajstić information content (AvgIpc) is 3.79. The second-order valence-electron chi connectivity index (χ2n) is 16.1. The van der Waals surface area contributed by atoms with E-state index < -0.39 is 0 Å². The molecule has 0 fully saturated rings. The summed E-state index contributed by atoms with van der Waals surface area (Å²) < 4.78 is 2.65. The Kier molecular flexibility index (Phi) is 6.59. The summed E-state index contributed by atoms with van der Waals surface area (Å²) in [4.78, 5) is 2.54. The minimum atomic E-state index is -0.0994. The Hall–Kier alpha value is -5.96. The first-order chi connectivity index (χ1) is 26.3. The molecule has 0 spiro atoms. The van der Waals surface area contributed by atoms with E-state index in [1.54, 1.807) is 0 Å². The van der Waals surface area contributed by atoms with Gasteiger partial charge in [0.15, 0.2) is 0 Å². The van der Waals surface area contributed by atoms with E-state index in [1.807, 2.05) is 11.3 Å². The molecule has 0 aliphatic heterocycles. The lowest BCUT2D eigenvalue weighted by molar-refractivity contribution is 0.660. The van der Waals surface area contributed by atoms with Gasteiger partial charge in [0.25, 0.3) is 0 Å². The Labute approximate surface area is 320 Å². The molecule has 0 saturated heterocycles. The molecule has 9 aromatic rings. The molecule has 11 rings (SSSR count). The molecule has 2 aliphatic carbocycles. The van der Waals surface area contributed by atoms with Gasteiger partial charge in [-0.3, -0.25) is 0 Å². The van der Waals surface area contributed by atoms with Crippen LogP contribution in [0.15, 0.2) is 164 Å². The number of hydrogen-bond acceptors (Lipinski definition) is 2. The number of hydrogen-bond donors (Lipinski definition) is 0. The lowest BCUT2D eigenvalue weighted by atomic mass is 9.82. The zero-order chi connectivity index (χ0) is 36.3. The fourth-order valence-corrected chi connectivity index (χ4v) is 11.1. The molecule has 54 heavy (non-hydrogen) atoms. The second kappa shape index (κ2) is 11.3. The van der Waals surface area contributed by atoms with Gasteiger partial charge < -0.3 is 4.90 Å². The highest BCUT2D eigenvalue weighted by molar-refractivity contribution is 7.27. The Morgan fingerprint density at radius 1 is 0.389 bits per heavy atom. The minimum absolute atomic E-state index is 0.0370. The molecule has 0 amide bonds. The highest BCUT2D eigenvalue weighted by Crippen LogP contribution is 2.56. The van der Waals surface area contributed by atoms with Gasteiger partial charge in [-0.05, 0) is 85.1 Å². The normalized spacial score (nSPS) is 14.6. The van der Waals surface area contributed by atoms with E-state index in [0.29, 0.717) is 0 Å². The molecule has 0 atom stereocenters. The largest absolute Gasteiger partial charge is 0.308 e. The van der Waals surface area contributed by atoms with Crippen molar-refractivity contribution < 1.29 is 0 Å². The summed E-state index contributed by atoms with van der Waals surface area (Å²) >= 11 is 1.92. The van der Waals surface area contributed by atoms with Crippen LogP contribution in [0.2, 0.25) is 0 Å². The minimum Gasteiger partial charge on any atom is -0.308 e. The molecule has 0 unspecified atom stereocenters. The van der Waals surface area contributed by atoms with Gasteiger partial charge in [-0.1, -0.05) is 167 Å². The molecule has 0 N–H and O–H groups in total. The van der Waals surface area contributed by atoms with Crippen molar-refractivity contribution in [2.24, 2.45) is 0 Å².